The predicted octanol–water partition coefficient (Wildman–Crippen LogP) is 1.47. The topological polar surface area (TPSA) is 54.5 Å². The van der Waals surface area contributed by atoms with Crippen molar-refractivity contribution in [2.24, 2.45) is 5.92 Å². The largest absolute Gasteiger partial charge is 0.303 e. The number of rotatable bonds is 5. The van der Waals surface area contributed by atoms with E-state index in [-0.39, 0.29) is 11.7 Å². The van der Waals surface area contributed by atoms with Gasteiger partial charge in [-0.2, -0.15) is 0 Å². The normalized spacial score (nSPS) is 21.2. The SMILES string of the molecule is O=CC1CCCN(S(=O)(=O)CCc2ccccc2)C1. The Bertz CT molecular complexity index is 513. The number of hydrogen-bond donors (Lipinski definition) is 0. The van der Waals surface area contributed by atoms with Gasteiger partial charge in [0.15, 0.2) is 0 Å². The second kappa shape index (κ2) is 6.30. The lowest BCUT2D eigenvalue weighted by atomic mass is 10.0. The lowest BCUT2D eigenvalue weighted by Gasteiger charge is -2.29. The summed E-state index contributed by atoms with van der Waals surface area (Å²) in [6.07, 6.45) is 2.96. The summed E-state index contributed by atoms with van der Waals surface area (Å²) in [5, 5.41) is 0. The van der Waals surface area contributed by atoms with Gasteiger partial charge in [-0.1, -0.05) is 30.3 Å². The molecule has 1 heterocycles. The molecule has 1 aliphatic heterocycles. The van der Waals surface area contributed by atoms with Crippen LogP contribution in [0.1, 0.15) is 18.4 Å². The molecular weight excluding hydrogens is 262 g/mol. The summed E-state index contributed by atoms with van der Waals surface area (Å²) in [4.78, 5) is 10.8. The Labute approximate surface area is 114 Å². The van der Waals surface area contributed by atoms with Crippen molar-refractivity contribution in [3.63, 3.8) is 0 Å². The number of aryl methyl sites for hydroxylation is 1. The monoisotopic (exact) mass is 281 g/mol. The van der Waals surface area contributed by atoms with E-state index in [4.69, 9.17) is 0 Å². The van der Waals surface area contributed by atoms with Gasteiger partial charge < -0.3 is 4.79 Å². The first-order valence-electron chi connectivity index (χ1n) is 6.59. The maximum Gasteiger partial charge on any atom is 0.214 e. The van der Waals surface area contributed by atoms with Gasteiger partial charge in [0.05, 0.1) is 5.75 Å². The van der Waals surface area contributed by atoms with E-state index < -0.39 is 10.0 Å². The minimum absolute atomic E-state index is 0.114. The van der Waals surface area contributed by atoms with Crippen LogP contribution < -0.4 is 0 Å². The van der Waals surface area contributed by atoms with E-state index in [2.05, 4.69) is 0 Å². The van der Waals surface area contributed by atoms with E-state index in [9.17, 15) is 13.2 Å². The zero-order valence-corrected chi connectivity index (χ0v) is 11.7. The van der Waals surface area contributed by atoms with Crippen LogP contribution in [-0.2, 0) is 21.2 Å². The molecule has 0 radical (unpaired) electrons. The molecule has 19 heavy (non-hydrogen) atoms. The summed E-state index contributed by atoms with van der Waals surface area (Å²) in [7, 11) is -3.25. The summed E-state index contributed by atoms with van der Waals surface area (Å²) >= 11 is 0. The summed E-state index contributed by atoms with van der Waals surface area (Å²) in [5.41, 5.74) is 1.02. The van der Waals surface area contributed by atoms with Crippen molar-refractivity contribution in [3.8, 4) is 0 Å². The molecule has 1 aromatic carbocycles. The predicted molar refractivity (Wildman–Crippen MR) is 74.3 cm³/mol. The van der Waals surface area contributed by atoms with Gasteiger partial charge in [0, 0.05) is 19.0 Å². The number of aldehydes is 1. The van der Waals surface area contributed by atoms with E-state index in [1.807, 2.05) is 30.3 Å². The van der Waals surface area contributed by atoms with Gasteiger partial charge in [-0.3, -0.25) is 0 Å². The molecule has 1 fully saturated rings. The summed E-state index contributed by atoms with van der Waals surface area (Å²) in [6.45, 7) is 0.891. The smallest absolute Gasteiger partial charge is 0.214 e. The number of sulfonamides is 1. The highest BCUT2D eigenvalue weighted by atomic mass is 32.2. The van der Waals surface area contributed by atoms with Crippen LogP contribution in [0.5, 0.6) is 0 Å². The Hall–Kier alpha value is -1.20. The number of carbonyl (C=O) groups is 1. The molecule has 0 bridgehead atoms. The second-order valence-corrected chi connectivity index (χ2v) is 7.04. The minimum Gasteiger partial charge on any atom is -0.303 e. The number of piperidine rings is 1. The highest BCUT2D eigenvalue weighted by Gasteiger charge is 2.28. The molecule has 0 aromatic heterocycles. The van der Waals surface area contributed by atoms with Crippen LogP contribution in [0.4, 0.5) is 0 Å². The molecule has 1 atom stereocenters. The highest BCUT2D eigenvalue weighted by molar-refractivity contribution is 7.89. The van der Waals surface area contributed by atoms with Gasteiger partial charge in [0.2, 0.25) is 10.0 Å². The van der Waals surface area contributed by atoms with Crippen molar-refractivity contribution in [1.29, 1.82) is 0 Å². The zero-order chi connectivity index (χ0) is 13.7. The Morgan fingerprint density at radius 3 is 2.68 bits per heavy atom. The average Bonchev–Trinajstić information content (AvgIpc) is 2.46. The molecule has 2 rings (SSSR count). The van der Waals surface area contributed by atoms with Crippen molar-refractivity contribution in [2.45, 2.75) is 19.3 Å². The number of benzene rings is 1. The third-order valence-corrected chi connectivity index (χ3v) is 5.34. The van der Waals surface area contributed by atoms with Crippen LogP contribution in [-0.4, -0.2) is 37.9 Å². The summed E-state index contributed by atoms with van der Waals surface area (Å²) < 4.78 is 25.9. The molecule has 104 valence electrons. The standard InChI is InChI=1S/C14H19NO3S/c16-12-14-7-4-9-15(11-14)19(17,18)10-8-13-5-2-1-3-6-13/h1-3,5-6,12,14H,4,7-11H2. The molecular formula is C14H19NO3S. The van der Waals surface area contributed by atoms with E-state index in [0.29, 0.717) is 19.5 Å². The molecule has 1 unspecified atom stereocenters. The van der Waals surface area contributed by atoms with E-state index in [1.54, 1.807) is 0 Å². The maximum atomic E-state index is 12.2. The summed E-state index contributed by atoms with van der Waals surface area (Å²) in [6, 6.07) is 9.59. The van der Waals surface area contributed by atoms with Gasteiger partial charge in [0.1, 0.15) is 6.29 Å². The van der Waals surface area contributed by atoms with Gasteiger partial charge in [-0.15, -0.1) is 0 Å². The quantitative estimate of drug-likeness (QED) is 0.768. The Kier molecular flexibility index (Phi) is 4.71. The van der Waals surface area contributed by atoms with Crippen LogP contribution in [0, 0.1) is 5.92 Å². The number of hydrogen-bond acceptors (Lipinski definition) is 3. The molecule has 1 saturated heterocycles. The lowest BCUT2D eigenvalue weighted by molar-refractivity contribution is -0.112. The van der Waals surface area contributed by atoms with Crippen LogP contribution in [0.2, 0.25) is 0 Å². The van der Waals surface area contributed by atoms with Crippen LogP contribution in [0.3, 0.4) is 0 Å². The van der Waals surface area contributed by atoms with Crippen LogP contribution >= 0.6 is 0 Å². The summed E-state index contributed by atoms with van der Waals surface area (Å²) in [5.74, 6) is -0.0250. The molecule has 0 amide bonds. The molecule has 4 nitrogen and oxygen atoms in total. The van der Waals surface area contributed by atoms with Crippen molar-refractivity contribution in [1.82, 2.24) is 4.31 Å². The molecule has 0 spiro atoms. The lowest BCUT2D eigenvalue weighted by Crippen LogP contribution is -2.41. The fraction of sp³-hybridized carbons (Fsp3) is 0.500. The van der Waals surface area contributed by atoms with E-state index >= 15 is 0 Å². The number of carbonyl (C=O) groups excluding carboxylic acids is 1. The van der Waals surface area contributed by atoms with Gasteiger partial charge in [-0.05, 0) is 24.8 Å². The van der Waals surface area contributed by atoms with Gasteiger partial charge in [0.25, 0.3) is 0 Å². The second-order valence-electron chi connectivity index (χ2n) is 4.95. The first-order valence-corrected chi connectivity index (χ1v) is 8.20. The van der Waals surface area contributed by atoms with Crippen molar-refractivity contribution in [3.05, 3.63) is 35.9 Å². The van der Waals surface area contributed by atoms with Crippen molar-refractivity contribution in [2.75, 3.05) is 18.8 Å². The third-order valence-electron chi connectivity index (χ3n) is 3.50. The molecule has 0 saturated carbocycles. The molecule has 1 aromatic rings. The van der Waals surface area contributed by atoms with E-state index in [1.165, 1.54) is 4.31 Å². The maximum absolute atomic E-state index is 12.2. The first kappa shape index (κ1) is 14.2. The zero-order valence-electron chi connectivity index (χ0n) is 10.9. The fourth-order valence-electron chi connectivity index (χ4n) is 2.36. The van der Waals surface area contributed by atoms with Gasteiger partial charge >= 0.3 is 0 Å². The molecule has 0 N–H and O–H groups in total. The van der Waals surface area contributed by atoms with Crippen molar-refractivity contribution >= 4 is 16.3 Å². The van der Waals surface area contributed by atoms with Crippen LogP contribution in [0.25, 0.3) is 0 Å². The fourth-order valence-corrected chi connectivity index (χ4v) is 3.94. The minimum atomic E-state index is -3.25. The highest BCUT2D eigenvalue weighted by Crippen LogP contribution is 2.18. The Balaban J connectivity index is 1.96. The third kappa shape index (κ3) is 3.88. The Morgan fingerprint density at radius 2 is 2.00 bits per heavy atom. The van der Waals surface area contributed by atoms with Gasteiger partial charge in [-0.25, -0.2) is 12.7 Å². The molecule has 1 aliphatic rings. The first-order chi connectivity index (χ1) is 9.12. The Morgan fingerprint density at radius 1 is 1.26 bits per heavy atom. The molecule has 5 heteroatoms. The average molecular weight is 281 g/mol. The van der Waals surface area contributed by atoms with Crippen LogP contribution in [0.15, 0.2) is 30.3 Å². The van der Waals surface area contributed by atoms with Crippen molar-refractivity contribution < 1.29 is 13.2 Å². The molecule has 0 aliphatic carbocycles. The number of nitrogens with zero attached hydrogens (tertiary/aromatic N) is 1. The van der Waals surface area contributed by atoms with E-state index in [0.717, 1.165) is 24.7 Å².